The molecule has 0 saturated heterocycles. The number of fused-ring (bicyclic) bond motifs is 1. The van der Waals surface area contributed by atoms with Crippen LogP contribution >= 0.6 is 0 Å². The van der Waals surface area contributed by atoms with Crippen LogP contribution in [-0.2, 0) is 10.2 Å². The van der Waals surface area contributed by atoms with Crippen LogP contribution in [0.4, 0.5) is 0 Å². The zero-order chi connectivity index (χ0) is 13.2. The third kappa shape index (κ3) is 1.17. The van der Waals surface area contributed by atoms with Crippen molar-refractivity contribution in [2.75, 3.05) is 13.7 Å². The van der Waals surface area contributed by atoms with Gasteiger partial charge in [-0.25, -0.2) is 4.79 Å². The molecule has 0 aromatic heterocycles. The predicted molar refractivity (Wildman–Crippen MR) is 68.8 cm³/mol. The van der Waals surface area contributed by atoms with Crippen LogP contribution in [0.1, 0.15) is 39.1 Å². The van der Waals surface area contributed by atoms with Crippen LogP contribution in [0.2, 0.25) is 0 Å². The molecule has 1 heterocycles. The molecule has 2 aliphatic carbocycles. The molecule has 96 valence electrons. The number of esters is 1. The Labute approximate surface area is 110 Å². The SMILES string of the molecule is COC(=O)c1cccc2c1C(=O)CC1=NCC3CC123. The smallest absolute Gasteiger partial charge is 0.338 e. The maximum Gasteiger partial charge on any atom is 0.338 e. The number of carbonyl (C=O) groups is 2. The van der Waals surface area contributed by atoms with Gasteiger partial charge < -0.3 is 4.74 Å². The second-order valence-corrected chi connectivity index (χ2v) is 5.48. The van der Waals surface area contributed by atoms with Gasteiger partial charge in [0.2, 0.25) is 0 Å². The summed E-state index contributed by atoms with van der Waals surface area (Å²) in [5.74, 6) is 0.0901. The molecule has 1 spiro atoms. The molecule has 0 amide bonds. The topological polar surface area (TPSA) is 55.7 Å². The molecule has 3 aliphatic rings. The summed E-state index contributed by atoms with van der Waals surface area (Å²) in [6.07, 6.45) is 1.42. The summed E-state index contributed by atoms with van der Waals surface area (Å²) in [6, 6.07) is 5.48. The number of hydrogen-bond acceptors (Lipinski definition) is 4. The molecular formula is C15H13NO3. The van der Waals surface area contributed by atoms with Gasteiger partial charge in [0.1, 0.15) is 0 Å². The zero-order valence-corrected chi connectivity index (χ0v) is 10.6. The number of benzene rings is 1. The van der Waals surface area contributed by atoms with Crippen molar-refractivity contribution in [1.29, 1.82) is 0 Å². The van der Waals surface area contributed by atoms with Crippen LogP contribution in [0.15, 0.2) is 23.2 Å². The Morgan fingerprint density at radius 2 is 2.32 bits per heavy atom. The number of ether oxygens (including phenoxy) is 1. The van der Waals surface area contributed by atoms with E-state index in [-0.39, 0.29) is 11.2 Å². The minimum atomic E-state index is -0.433. The van der Waals surface area contributed by atoms with Gasteiger partial charge in [-0.2, -0.15) is 0 Å². The summed E-state index contributed by atoms with van der Waals surface area (Å²) >= 11 is 0. The number of hydrogen-bond donors (Lipinski definition) is 0. The number of aliphatic imine (C=N–C) groups is 1. The Balaban J connectivity index is 1.97. The molecule has 0 radical (unpaired) electrons. The van der Waals surface area contributed by atoms with Crippen molar-refractivity contribution in [3.05, 3.63) is 34.9 Å². The fraction of sp³-hybridized carbons (Fsp3) is 0.400. The van der Waals surface area contributed by atoms with Crippen molar-refractivity contribution in [3.8, 4) is 0 Å². The average molecular weight is 255 g/mol. The second-order valence-electron chi connectivity index (χ2n) is 5.48. The molecule has 0 bridgehead atoms. The fourth-order valence-corrected chi connectivity index (χ4v) is 3.71. The second kappa shape index (κ2) is 3.32. The summed E-state index contributed by atoms with van der Waals surface area (Å²) in [4.78, 5) is 28.7. The van der Waals surface area contributed by atoms with Crippen molar-refractivity contribution < 1.29 is 14.3 Å². The summed E-state index contributed by atoms with van der Waals surface area (Å²) in [6.45, 7) is 0.824. The van der Waals surface area contributed by atoms with Crippen molar-refractivity contribution in [2.45, 2.75) is 18.3 Å². The minimum Gasteiger partial charge on any atom is -0.465 e. The first-order valence-electron chi connectivity index (χ1n) is 6.47. The molecule has 4 heteroatoms. The molecule has 4 rings (SSSR count). The van der Waals surface area contributed by atoms with Crippen LogP contribution in [0.5, 0.6) is 0 Å². The van der Waals surface area contributed by atoms with E-state index in [9.17, 15) is 9.59 Å². The van der Waals surface area contributed by atoms with E-state index in [4.69, 9.17) is 4.74 Å². The van der Waals surface area contributed by atoms with E-state index in [1.807, 2.05) is 12.1 Å². The molecule has 19 heavy (non-hydrogen) atoms. The molecule has 0 N–H and O–H groups in total. The number of carbonyl (C=O) groups excluding carboxylic acids is 2. The molecule has 1 saturated carbocycles. The Hall–Kier alpha value is -1.97. The average Bonchev–Trinajstić information content (AvgIpc) is 3.06. The minimum absolute atomic E-state index is 0.00655. The Morgan fingerprint density at radius 1 is 1.47 bits per heavy atom. The summed E-state index contributed by atoms with van der Waals surface area (Å²) < 4.78 is 4.79. The Morgan fingerprint density at radius 3 is 3.05 bits per heavy atom. The number of methoxy groups -OCH3 is 1. The third-order valence-electron chi connectivity index (χ3n) is 4.68. The summed E-state index contributed by atoms with van der Waals surface area (Å²) in [5, 5.41) is 0. The van der Waals surface area contributed by atoms with E-state index >= 15 is 0 Å². The maximum atomic E-state index is 12.3. The lowest BCUT2D eigenvalue weighted by Gasteiger charge is -2.26. The number of ketones is 1. The van der Waals surface area contributed by atoms with Gasteiger partial charge in [0.15, 0.2) is 5.78 Å². The Bertz CT molecular complexity index is 661. The van der Waals surface area contributed by atoms with Gasteiger partial charge in [0.25, 0.3) is 0 Å². The standard InChI is InChI=1S/C15H13NO3/c1-19-14(18)9-3-2-4-10-13(9)11(17)5-12-15(10)6-8(15)7-16-12/h2-4,8H,5-7H2,1H3. The van der Waals surface area contributed by atoms with Gasteiger partial charge >= 0.3 is 5.97 Å². The van der Waals surface area contributed by atoms with E-state index < -0.39 is 5.97 Å². The van der Waals surface area contributed by atoms with Gasteiger partial charge in [-0.1, -0.05) is 12.1 Å². The van der Waals surface area contributed by atoms with Crippen molar-refractivity contribution in [1.82, 2.24) is 0 Å². The maximum absolute atomic E-state index is 12.3. The van der Waals surface area contributed by atoms with Crippen molar-refractivity contribution in [2.24, 2.45) is 10.9 Å². The molecule has 2 unspecified atom stereocenters. The zero-order valence-electron chi connectivity index (χ0n) is 10.6. The lowest BCUT2D eigenvalue weighted by molar-refractivity contribution is 0.0596. The van der Waals surface area contributed by atoms with E-state index in [1.54, 1.807) is 6.07 Å². The lowest BCUT2D eigenvalue weighted by Crippen LogP contribution is -2.32. The summed E-state index contributed by atoms with van der Waals surface area (Å²) in [5.41, 5.74) is 2.95. The molecule has 1 aliphatic heterocycles. The quantitative estimate of drug-likeness (QED) is 0.719. The normalized spacial score (nSPS) is 30.1. The van der Waals surface area contributed by atoms with E-state index in [0.29, 0.717) is 23.5 Å². The highest BCUT2D eigenvalue weighted by molar-refractivity contribution is 6.22. The molecule has 2 atom stereocenters. The molecule has 1 aromatic rings. The molecule has 4 nitrogen and oxygen atoms in total. The van der Waals surface area contributed by atoms with Crippen LogP contribution in [0.3, 0.4) is 0 Å². The van der Waals surface area contributed by atoms with Crippen LogP contribution < -0.4 is 0 Å². The van der Waals surface area contributed by atoms with E-state index in [2.05, 4.69) is 4.99 Å². The number of nitrogens with zero attached hydrogens (tertiary/aromatic N) is 1. The Kier molecular flexibility index (Phi) is 1.91. The first kappa shape index (κ1) is 10.9. The third-order valence-corrected chi connectivity index (χ3v) is 4.68. The first-order valence-corrected chi connectivity index (χ1v) is 6.47. The van der Waals surface area contributed by atoms with Crippen LogP contribution in [-0.4, -0.2) is 31.1 Å². The largest absolute Gasteiger partial charge is 0.465 e. The lowest BCUT2D eigenvalue weighted by atomic mass is 9.76. The molecular weight excluding hydrogens is 242 g/mol. The highest BCUT2D eigenvalue weighted by atomic mass is 16.5. The monoisotopic (exact) mass is 255 g/mol. The highest BCUT2D eigenvalue weighted by Gasteiger charge is 2.64. The van der Waals surface area contributed by atoms with Gasteiger partial charge in [0.05, 0.1) is 12.7 Å². The predicted octanol–water partition coefficient (Wildman–Crippen LogP) is 1.77. The molecule has 1 fully saturated rings. The van der Waals surface area contributed by atoms with Gasteiger partial charge in [-0.3, -0.25) is 9.79 Å². The van der Waals surface area contributed by atoms with Gasteiger partial charge in [-0.05, 0) is 24.0 Å². The van der Waals surface area contributed by atoms with Gasteiger partial charge in [0, 0.05) is 29.7 Å². The highest BCUT2D eigenvalue weighted by Crippen LogP contribution is 2.62. The number of rotatable bonds is 1. The van der Waals surface area contributed by atoms with E-state index in [0.717, 1.165) is 24.2 Å². The van der Waals surface area contributed by atoms with Crippen molar-refractivity contribution in [3.63, 3.8) is 0 Å². The first-order chi connectivity index (χ1) is 9.18. The summed E-state index contributed by atoms with van der Waals surface area (Å²) in [7, 11) is 1.34. The fourth-order valence-electron chi connectivity index (χ4n) is 3.71. The number of Topliss-reactive ketones (excluding diaryl/α,β-unsaturated/α-hetero) is 1. The van der Waals surface area contributed by atoms with Crippen LogP contribution in [0, 0.1) is 5.92 Å². The van der Waals surface area contributed by atoms with Crippen molar-refractivity contribution >= 4 is 17.5 Å². The van der Waals surface area contributed by atoms with E-state index in [1.165, 1.54) is 7.11 Å². The van der Waals surface area contributed by atoms with Gasteiger partial charge in [-0.15, -0.1) is 0 Å². The van der Waals surface area contributed by atoms with Crippen LogP contribution in [0.25, 0.3) is 0 Å². The molecule has 1 aromatic carbocycles.